The number of hydrogen-bond acceptors (Lipinski definition) is 5. The lowest BCUT2D eigenvalue weighted by Crippen LogP contribution is -2.53. The van der Waals surface area contributed by atoms with E-state index in [0.29, 0.717) is 6.04 Å². The molecular formula is C23H26N4OS. The van der Waals surface area contributed by atoms with Crippen LogP contribution in [0, 0.1) is 0 Å². The van der Waals surface area contributed by atoms with E-state index >= 15 is 0 Å². The first-order valence-corrected chi connectivity index (χ1v) is 10.9. The molecule has 1 N–H and O–H groups in total. The Morgan fingerprint density at radius 1 is 1.14 bits per heavy atom. The SMILES string of the molecule is CC1CC(Oc2nc3ccc(-c4ccc5nn(C)cc5c4)cc3s2)CC(C)(C)N1. The average Bonchev–Trinajstić information content (AvgIpc) is 3.19. The second kappa shape index (κ2) is 6.82. The number of aromatic nitrogens is 3. The third-order valence-electron chi connectivity index (χ3n) is 5.58. The van der Waals surface area contributed by atoms with Gasteiger partial charge in [-0.15, -0.1) is 0 Å². The van der Waals surface area contributed by atoms with Crippen LogP contribution in [-0.2, 0) is 7.05 Å². The van der Waals surface area contributed by atoms with Crippen LogP contribution in [0.15, 0.2) is 42.6 Å². The zero-order valence-electron chi connectivity index (χ0n) is 17.3. The van der Waals surface area contributed by atoms with Gasteiger partial charge in [-0.1, -0.05) is 23.5 Å². The summed E-state index contributed by atoms with van der Waals surface area (Å²) in [5.41, 5.74) is 4.49. The second-order valence-corrected chi connectivity index (χ2v) is 9.84. The summed E-state index contributed by atoms with van der Waals surface area (Å²) in [6.45, 7) is 6.70. The summed E-state index contributed by atoms with van der Waals surface area (Å²) < 4.78 is 9.32. The van der Waals surface area contributed by atoms with Crippen LogP contribution in [0.3, 0.4) is 0 Å². The second-order valence-electron chi connectivity index (χ2n) is 8.85. The summed E-state index contributed by atoms with van der Waals surface area (Å²) in [6.07, 6.45) is 4.26. The first-order valence-electron chi connectivity index (χ1n) is 10.1. The molecule has 0 saturated carbocycles. The third kappa shape index (κ3) is 3.74. The van der Waals surface area contributed by atoms with Gasteiger partial charge in [-0.2, -0.15) is 5.10 Å². The summed E-state index contributed by atoms with van der Waals surface area (Å²) in [6, 6.07) is 13.3. The van der Waals surface area contributed by atoms with Crippen molar-refractivity contribution in [2.24, 2.45) is 7.05 Å². The van der Waals surface area contributed by atoms with Crippen molar-refractivity contribution in [1.82, 2.24) is 20.1 Å². The number of nitrogens with one attached hydrogen (secondary N) is 1. The lowest BCUT2D eigenvalue weighted by molar-refractivity contribution is 0.0900. The molecule has 1 fully saturated rings. The third-order valence-corrected chi connectivity index (χ3v) is 6.49. The van der Waals surface area contributed by atoms with E-state index in [1.165, 1.54) is 11.1 Å². The maximum atomic E-state index is 6.31. The first-order chi connectivity index (χ1) is 13.8. The molecular weight excluding hydrogens is 380 g/mol. The lowest BCUT2D eigenvalue weighted by atomic mass is 9.87. The molecule has 6 heteroatoms. The largest absolute Gasteiger partial charge is 0.467 e. The number of fused-ring (bicyclic) bond motifs is 2. The molecule has 0 spiro atoms. The number of benzene rings is 2. The number of nitrogens with zero attached hydrogens (tertiary/aromatic N) is 3. The maximum absolute atomic E-state index is 6.31. The Kier molecular flexibility index (Phi) is 4.37. The van der Waals surface area contributed by atoms with E-state index < -0.39 is 0 Å². The fourth-order valence-electron chi connectivity index (χ4n) is 4.53. The molecule has 2 atom stereocenters. The number of thiazole rings is 1. The summed E-state index contributed by atoms with van der Waals surface area (Å²) in [5, 5.41) is 10.0. The number of hydrogen-bond donors (Lipinski definition) is 1. The molecule has 2 aromatic carbocycles. The number of rotatable bonds is 3. The molecule has 5 nitrogen and oxygen atoms in total. The van der Waals surface area contributed by atoms with Gasteiger partial charge in [-0.05, 0) is 62.6 Å². The molecule has 0 radical (unpaired) electrons. The fourth-order valence-corrected chi connectivity index (χ4v) is 5.45. The van der Waals surface area contributed by atoms with Gasteiger partial charge >= 0.3 is 0 Å². The highest BCUT2D eigenvalue weighted by Crippen LogP contribution is 2.34. The summed E-state index contributed by atoms with van der Waals surface area (Å²) >= 11 is 1.64. The van der Waals surface area contributed by atoms with E-state index in [1.807, 2.05) is 11.7 Å². The standard InChI is InChI=1S/C23H26N4OS/c1-14-9-18(12-23(2,3)25-14)28-22-24-20-8-6-16(11-21(20)29-22)15-5-7-19-17(10-15)13-27(4)26-19/h5-8,10-11,13-14,18,25H,9,12H2,1-4H3. The molecule has 1 saturated heterocycles. The summed E-state index contributed by atoms with van der Waals surface area (Å²) in [5.74, 6) is 0. The minimum Gasteiger partial charge on any atom is -0.467 e. The van der Waals surface area contributed by atoms with Gasteiger partial charge in [0.1, 0.15) is 6.10 Å². The Hall–Kier alpha value is -2.44. The minimum atomic E-state index is 0.0944. The molecule has 3 heterocycles. The highest BCUT2D eigenvalue weighted by Gasteiger charge is 2.33. The minimum absolute atomic E-state index is 0.0944. The van der Waals surface area contributed by atoms with Crippen molar-refractivity contribution in [3.05, 3.63) is 42.6 Å². The van der Waals surface area contributed by atoms with Gasteiger partial charge < -0.3 is 10.1 Å². The van der Waals surface area contributed by atoms with Crippen LogP contribution in [0.2, 0.25) is 0 Å². The van der Waals surface area contributed by atoms with Gasteiger partial charge in [0.2, 0.25) is 0 Å². The van der Waals surface area contributed by atoms with Crippen LogP contribution in [0.25, 0.3) is 32.2 Å². The fraction of sp³-hybridized carbons (Fsp3) is 0.391. The van der Waals surface area contributed by atoms with Crippen molar-refractivity contribution in [3.63, 3.8) is 0 Å². The Morgan fingerprint density at radius 2 is 1.90 bits per heavy atom. The predicted molar refractivity (Wildman–Crippen MR) is 120 cm³/mol. The monoisotopic (exact) mass is 406 g/mol. The van der Waals surface area contributed by atoms with Crippen LogP contribution in [0.1, 0.15) is 33.6 Å². The van der Waals surface area contributed by atoms with Crippen molar-refractivity contribution in [2.75, 3.05) is 0 Å². The van der Waals surface area contributed by atoms with Crippen LogP contribution < -0.4 is 10.1 Å². The van der Waals surface area contributed by atoms with Crippen molar-refractivity contribution in [3.8, 4) is 16.3 Å². The van der Waals surface area contributed by atoms with E-state index in [4.69, 9.17) is 9.72 Å². The van der Waals surface area contributed by atoms with Crippen LogP contribution in [-0.4, -0.2) is 32.4 Å². The van der Waals surface area contributed by atoms with Crippen molar-refractivity contribution >= 4 is 32.5 Å². The lowest BCUT2D eigenvalue weighted by Gasteiger charge is -2.39. The first kappa shape index (κ1) is 18.6. The highest BCUT2D eigenvalue weighted by atomic mass is 32.1. The molecule has 29 heavy (non-hydrogen) atoms. The van der Waals surface area contributed by atoms with Gasteiger partial charge in [0.15, 0.2) is 0 Å². The Balaban J connectivity index is 1.42. The Labute approximate surface area is 174 Å². The highest BCUT2D eigenvalue weighted by molar-refractivity contribution is 7.20. The topological polar surface area (TPSA) is 52.0 Å². The number of piperidine rings is 1. The predicted octanol–water partition coefficient (Wildman–Crippen LogP) is 5.15. The molecule has 2 aromatic heterocycles. The number of ether oxygens (including phenoxy) is 1. The molecule has 1 aliphatic heterocycles. The van der Waals surface area contributed by atoms with Crippen molar-refractivity contribution < 1.29 is 4.74 Å². The van der Waals surface area contributed by atoms with Crippen LogP contribution in [0.5, 0.6) is 5.19 Å². The Bertz CT molecular complexity index is 1190. The number of aryl methyl sites for hydroxylation is 1. The molecule has 2 unspecified atom stereocenters. The molecule has 150 valence electrons. The van der Waals surface area contributed by atoms with E-state index in [-0.39, 0.29) is 11.6 Å². The smallest absolute Gasteiger partial charge is 0.274 e. The molecule has 5 rings (SSSR count). The zero-order chi connectivity index (χ0) is 20.2. The van der Waals surface area contributed by atoms with Gasteiger partial charge in [-0.3, -0.25) is 4.68 Å². The molecule has 0 bridgehead atoms. The molecule has 0 aliphatic carbocycles. The zero-order valence-corrected chi connectivity index (χ0v) is 18.1. The summed E-state index contributed by atoms with van der Waals surface area (Å²) in [4.78, 5) is 4.73. The van der Waals surface area contributed by atoms with Gasteiger partial charge in [0.25, 0.3) is 5.19 Å². The molecule has 4 aromatic rings. The average molecular weight is 407 g/mol. The van der Waals surface area contributed by atoms with E-state index in [1.54, 1.807) is 11.3 Å². The normalized spacial score (nSPS) is 21.7. The van der Waals surface area contributed by atoms with E-state index in [2.05, 4.69) is 73.8 Å². The van der Waals surface area contributed by atoms with Crippen molar-refractivity contribution in [2.45, 2.75) is 51.3 Å². The van der Waals surface area contributed by atoms with E-state index in [9.17, 15) is 0 Å². The van der Waals surface area contributed by atoms with Gasteiger partial charge in [0, 0.05) is 36.6 Å². The Morgan fingerprint density at radius 3 is 2.69 bits per heavy atom. The summed E-state index contributed by atoms with van der Waals surface area (Å²) in [7, 11) is 1.95. The van der Waals surface area contributed by atoms with Crippen LogP contribution >= 0.6 is 11.3 Å². The van der Waals surface area contributed by atoms with Gasteiger partial charge in [0.05, 0.1) is 15.7 Å². The molecule has 1 aliphatic rings. The van der Waals surface area contributed by atoms with Crippen LogP contribution in [0.4, 0.5) is 0 Å². The van der Waals surface area contributed by atoms with Crippen molar-refractivity contribution in [1.29, 1.82) is 0 Å². The molecule has 0 amide bonds. The van der Waals surface area contributed by atoms with Gasteiger partial charge in [-0.25, -0.2) is 4.98 Å². The van der Waals surface area contributed by atoms with E-state index in [0.717, 1.165) is 39.2 Å². The maximum Gasteiger partial charge on any atom is 0.274 e. The quantitative estimate of drug-likeness (QED) is 0.511.